The highest BCUT2D eigenvalue weighted by atomic mass is 35.5. The van der Waals surface area contributed by atoms with Gasteiger partial charge in [0, 0.05) is 0 Å². The van der Waals surface area contributed by atoms with Gasteiger partial charge in [0.1, 0.15) is 11.3 Å². The summed E-state index contributed by atoms with van der Waals surface area (Å²) in [7, 11) is 0. The van der Waals surface area contributed by atoms with Crippen molar-refractivity contribution in [1.29, 1.82) is 0 Å². The first-order chi connectivity index (χ1) is 8.25. The molecule has 1 aromatic heterocycles. The van der Waals surface area contributed by atoms with Gasteiger partial charge in [-0.2, -0.15) is 0 Å². The van der Waals surface area contributed by atoms with Crippen LogP contribution in [0.15, 0.2) is 12.4 Å². The molecule has 0 unspecified atom stereocenters. The number of carbonyl (C=O) groups is 1. The van der Waals surface area contributed by atoms with E-state index in [1.807, 2.05) is 0 Å². The van der Waals surface area contributed by atoms with E-state index >= 15 is 0 Å². The fourth-order valence-corrected chi connectivity index (χ4v) is 2.09. The van der Waals surface area contributed by atoms with E-state index in [0.717, 1.165) is 25.7 Å². The molecule has 5 heteroatoms. The summed E-state index contributed by atoms with van der Waals surface area (Å²) in [6.45, 7) is 0. The molecule has 0 aliphatic heterocycles. The molecule has 0 spiro atoms. The summed E-state index contributed by atoms with van der Waals surface area (Å²) < 4.78 is 5.41. The van der Waals surface area contributed by atoms with Crippen LogP contribution < -0.4 is 0 Å². The van der Waals surface area contributed by atoms with Gasteiger partial charge in [-0.05, 0) is 25.7 Å². The third kappa shape index (κ3) is 3.66. The first kappa shape index (κ1) is 12.3. The number of nitrogens with zero attached hydrogens (tertiary/aromatic N) is 2. The molecule has 1 heterocycles. The highest BCUT2D eigenvalue weighted by Gasteiger charge is 2.18. The highest BCUT2D eigenvalue weighted by molar-refractivity contribution is 6.29. The molecule has 0 bridgehead atoms. The molecular formula is C12H15ClN2O2. The van der Waals surface area contributed by atoms with Gasteiger partial charge in [0.05, 0.1) is 12.4 Å². The van der Waals surface area contributed by atoms with Crippen molar-refractivity contribution in [2.45, 2.75) is 44.6 Å². The van der Waals surface area contributed by atoms with Crippen molar-refractivity contribution < 1.29 is 9.53 Å². The smallest absolute Gasteiger partial charge is 0.358 e. The summed E-state index contributed by atoms with van der Waals surface area (Å²) in [5, 5.41) is 0.274. The Balaban J connectivity index is 1.93. The Labute approximate surface area is 105 Å². The topological polar surface area (TPSA) is 52.1 Å². The van der Waals surface area contributed by atoms with E-state index in [1.165, 1.54) is 25.2 Å². The summed E-state index contributed by atoms with van der Waals surface area (Å²) in [6.07, 6.45) is 9.35. The number of esters is 1. The normalized spacial score (nSPS) is 17.5. The Kier molecular flexibility index (Phi) is 4.31. The quantitative estimate of drug-likeness (QED) is 0.601. The van der Waals surface area contributed by atoms with Crippen molar-refractivity contribution in [2.75, 3.05) is 0 Å². The third-order valence-electron chi connectivity index (χ3n) is 2.91. The maximum Gasteiger partial charge on any atom is 0.358 e. The van der Waals surface area contributed by atoms with Gasteiger partial charge in [0.2, 0.25) is 0 Å². The molecule has 2 rings (SSSR count). The maximum absolute atomic E-state index is 11.8. The third-order valence-corrected chi connectivity index (χ3v) is 3.10. The lowest BCUT2D eigenvalue weighted by Crippen LogP contribution is -2.18. The number of hydrogen-bond acceptors (Lipinski definition) is 4. The van der Waals surface area contributed by atoms with Crippen LogP contribution in [0.1, 0.15) is 49.0 Å². The number of hydrogen-bond donors (Lipinski definition) is 0. The molecule has 1 fully saturated rings. The molecule has 1 saturated carbocycles. The molecule has 17 heavy (non-hydrogen) atoms. The Morgan fingerprint density at radius 2 is 1.88 bits per heavy atom. The number of ether oxygens (including phenoxy) is 1. The number of aromatic nitrogens is 2. The highest BCUT2D eigenvalue weighted by Crippen LogP contribution is 2.20. The van der Waals surface area contributed by atoms with Crippen LogP contribution in [0.3, 0.4) is 0 Å². The van der Waals surface area contributed by atoms with E-state index in [0.29, 0.717) is 0 Å². The second-order valence-electron chi connectivity index (χ2n) is 4.24. The zero-order valence-corrected chi connectivity index (χ0v) is 10.3. The van der Waals surface area contributed by atoms with Crippen molar-refractivity contribution >= 4 is 17.6 Å². The monoisotopic (exact) mass is 254 g/mol. The minimum Gasteiger partial charge on any atom is -0.458 e. The predicted octanol–water partition coefficient (Wildman–Crippen LogP) is 3.01. The van der Waals surface area contributed by atoms with E-state index in [1.54, 1.807) is 0 Å². The van der Waals surface area contributed by atoms with Crippen LogP contribution in [-0.4, -0.2) is 22.0 Å². The SMILES string of the molecule is O=C(OC1CCCCCC1)c1cnc(Cl)cn1. The van der Waals surface area contributed by atoms with Crippen molar-refractivity contribution in [1.82, 2.24) is 9.97 Å². The molecule has 0 amide bonds. The van der Waals surface area contributed by atoms with Crippen LogP contribution in [0.5, 0.6) is 0 Å². The summed E-state index contributed by atoms with van der Waals surface area (Å²) in [6, 6.07) is 0. The molecule has 0 N–H and O–H groups in total. The van der Waals surface area contributed by atoms with Crippen molar-refractivity contribution in [3.63, 3.8) is 0 Å². The Bertz CT molecular complexity index is 373. The number of halogens is 1. The lowest BCUT2D eigenvalue weighted by Gasteiger charge is -2.14. The first-order valence-corrected chi connectivity index (χ1v) is 6.32. The fraction of sp³-hybridized carbons (Fsp3) is 0.583. The van der Waals surface area contributed by atoms with Crippen LogP contribution in [0.4, 0.5) is 0 Å². The zero-order valence-electron chi connectivity index (χ0n) is 9.56. The molecule has 0 aromatic carbocycles. The standard InChI is InChI=1S/C12H15ClN2O2/c13-11-8-14-10(7-15-11)12(16)17-9-5-3-1-2-4-6-9/h7-9H,1-6H2. The van der Waals surface area contributed by atoms with Gasteiger partial charge in [0.25, 0.3) is 0 Å². The summed E-state index contributed by atoms with van der Waals surface area (Å²) in [4.78, 5) is 19.5. The van der Waals surface area contributed by atoms with E-state index in [4.69, 9.17) is 16.3 Å². The second kappa shape index (κ2) is 5.96. The Morgan fingerprint density at radius 1 is 1.18 bits per heavy atom. The van der Waals surface area contributed by atoms with E-state index < -0.39 is 5.97 Å². The van der Waals surface area contributed by atoms with Gasteiger partial charge in [0.15, 0.2) is 5.69 Å². The molecule has 92 valence electrons. The summed E-state index contributed by atoms with van der Waals surface area (Å²) in [5.74, 6) is -0.402. The van der Waals surface area contributed by atoms with Crippen LogP contribution in [-0.2, 0) is 4.74 Å². The number of carbonyl (C=O) groups excluding carboxylic acids is 1. The zero-order chi connectivity index (χ0) is 12.1. The average molecular weight is 255 g/mol. The molecule has 1 aromatic rings. The minimum atomic E-state index is -0.402. The lowest BCUT2D eigenvalue weighted by atomic mass is 10.1. The lowest BCUT2D eigenvalue weighted by molar-refractivity contribution is 0.0260. The Hall–Kier alpha value is -1.16. The predicted molar refractivity (Wildman–Crippen MR) is 63.9 cm³/mol. The molecule has 1 aliphatic rings. The van der Waals surface area contributed by atoms with E-state index in [9.17, 15) is 4.79 Å². The van der Waals surface area contributed by atoms with Crippen LogP contribution in [0, 0.1) is 0 Å². The van der Waals surface area contributed by atoms with Gasteiger partial charge >= 0.3 is 5.97 Å². The molecule has 0 saturated heterocycles. The largest absolute Gasteiger partial charge is 0.458 e. The van der Waals surface area contributed by atoms with Gasteiger partial charge in [-0.25, -0.2) is 14.8 Å². The Morgan fingerprint density at radius 3 is 2.47 bits per heavy atom. The molecule has 0 atom stereocenters. The maximum atomic E-state index is 11.8. The second-order valence-corrected chi connectivity index (χ2v) is 4.63. The molecular weight excluding hydrogens is 240 g/mol. The summed E-state index contributed by atoms with van der Waals surface area (Å²) >= 11 is 5.60. The average Bonchev–Trinajstić information content (AvgIpc) is 2.58. The minimum absolute atomic E-state index is 0.0301. The van der Waals surface area contributed by atoms with Crippen LogP contribution >= 0.6 is 11.6 Å². The molecule has 4 nitrogen and oxygen atoms in total. The van der Waals surface area contributed by atoms with Gasteiger partial charge in [-0.15, -0.1) is 0 Å². The molecule has 1 aliphatic carbocycles. The van der Waals surface area contributed by atoms with Crippen molar-refractivity contribution in [3.05, 3.63) is 23.2 Å². The number of rotatable bonds is 2. The van der Waals surface area contributed by atoms with Gasteiger partial charge < -0.3 is 4.74 Å². The van der Waals surface area contributed by atoms with E-state index in [-0.39, 0.29) is 17.0 Å². The van der Waals surface area contributed by atoms with E-state index in [2.05, 4.69) is 9.97 Å². The first-order valence-electron chi connectivity index (χ1n) is 5.94. The fourth-order valence-electron chi connectivity index (χ4n) is 1.99. The van der Waals surface area contributed by atoms with Gasteiger partial charge in [-0.3, -0.25) is 0 Å². The summed E-state index contributed by atoms with van der Waals surface area (Å²) in [5.41, 5.74) is 0.221. The van der Waals surface area contributed by atoms with Crippen molar-refractivity contribution in [3.8, 4) is 0 Å². The van der Waals surface area contributed by atoms with Crippen LogP contribution in [0.25, 0.3) is 0 Å². The van der Waals surface area contributed by atoms with Crippen LogP contribution in [0.2, 0.25) is 5.15 Å². The molecule has 0 radical (unpaired) electrons. The van der Waals surface area contributed by atoms with Crippen molar-refractivity contribution in [2.24, 2.45) is 0 Å². The van der Waals surface area contributed by atoms with Gasteiger partial charge in [-0.1, -0.05) is 24.4 Å².